The Morgan fingerprint density at radius 1 is 1.24 bits per heavy atom. The van der Waals surface area contributed by atoms with Crippen molar-refractivity contribution >= 4 is 5.69 Å². The van der Waals surface area contributed by atoms with E-state index in [4.69, 9.17) is 5.73 Å². The monoisotopic (exact) mass is 235 g/mol. The second-order valence-corrected chi connectivity index (χ2v) is 4.78. The molecule has 1 heterocycles. The Morgan fingerprint density at radius 2 is 1.94 bits per heavy atom. The van der Waals surface area contributed by atoms with Crippen LogP contribution < -0.4 is 5.73 Å². The van der Waals surface area contributed by atoms with E-state index in [9.17, 15) is 5.11 Å². The molecule has 0 atom stereocenters. The molecule has 1 aliphatic heterocycles. The number of nitrogens with zero attached hydrogens (tertiary/aromatic N) is 2. The van der Waals surface area contributed by atoms with Crippen LogP contribution in [0.2, 0.25) is 0 Å². The first kappa shape index (κ1) is 12.2. The Morgan fingerprint density at radius 3 is 2.65 bits per heavy atom. The average Bonchev–Trinajstić information content (AvgIpc) is 2.32. The van der Waals surface area contributed by atoms with Crippen LogP contribution >= 0.6 is 0 Å². The number of piperazine rings is 1. The van der Waals surface area contributed by atoms with Gasteiger partial charge in [-0.2, -0.15) is 0 Å². The van der Waals surface area contributed by atoms with Crippen LogP contribution in [0.25, 0.3) is 0 Å². The van der Waals surface area contributed by atoms with Gasteiger partial charge in [-0.05, 0) is 37.2 Å². The van der Waals surface area contributed by atoms with E-state index < -0.39 is 0 Å². The van der Waals surface area contributed by atoms with Gasteiger partial charge in [0.15, 0.2) is 0 Å². The molecule has 4 nitrogen and oxygen atoms in total. The summed E-state index contributed by atoms with van der Waals surface area (Å²) in [5.41, 5.74) is 7.71. The van der Waals surface area contributed by atoms with Gasteiger partial charge in [0.25, 0.3) is 0 Å². The van der Waals surface area contributed by atoms with E-state index in [-0.39, 0.29) is 0 Å². The van der Waals surface area contributed by atoms with Gasteiger partial charge in [-0.1, -0.05) is 0 Å². The fourth-order valence-corrected chi connectivity index (χ4v) is 2.16. The van der Waals surface area contributed by atoms with Crippen molar-refractivity contribution in [3.8, 4) is 5.75 Å². The summed E-state index contributed by atoms with van der Waals surface area (Å²) in [5, 5.41) is 9.43. The van der Waals surface area contributed by atoms with Crippen molar-refractivity contribution in [3.63, 3.8) is 0 Å². The second-order valence-electron chi connectivity index (χ2n) is 4.78. The Bertz CT molecular complexity index is 373. The summed E-state index contributed by atoms with van der Waals surface area (Å²) in [4.78, 5) is 4.79. The molecule has 0 unspecified atom stereocenters. The van der Waals surface area contributed by atoms with Gasteiger partial charge in [-0.15, -0.1) is 0 Å². The first-order valence-electron chi connectivity index (χ1n) is 6.13. The third-order valence-electron chi connectivity index (χ3n) is 3.42. The lowest BCUT2D eigenvalue weighted by atomic mass is 10.1. The summed E-state index contributed by atoms with van der Waals surface area (Å²) in [5.74, 6) is 0.299. The minimum atomic E-state index is 0.299. The number of nitrogens with two attached hydrogens (primary N) is 1. The lowest BCUT2D eigenvalue weighted by Gasteiger charge is -2.32. The standard InChI is InChI=1S/C13H21N3O/c1-15-6-8-16(9-7-15)5-4-11-10-12(17)2-3-13(11)14/h2-3,10,17H,4-9,14H2,1H3. The largest absolute Gasteiger partial charge is 0.508 e. The summed E-state index contributed by atoms with van der Waals surface area (Å²) in [6.45, 7) is 5.52. The molecule has 17 heavy (non-hydrogen) atoms. The number of phenols is 1. The summed E-state index contributed by atoms with van der Waals surface area (Å²) in [6.07, 6.45) is 0.907. The van der Waals surface area contributed by atoms with Crippen LogP contribution in [-0.4, -0.2) is 54.7 Å². The van der Waals surface area contributed by atoms with Gasteiger partial charge in [-0.25, -0.2) is 0 Å². The number of phenolic OH excluding ortho intramolecular Hbond substituents is 1. The molecule has 1 saturated heterocycles. The molecule has 1 aliphatic rings. The number of aromatic hydroxyl groups is 1. The highest BCUT2D eigenvalue weighted by Gasteiger charge is 2.13. The number of nitrogen functional groups attached to an aromatic ring is 1. The molecule has 0 radical (unpaired) electrons. The van der Waals surface area contributed by atoms with Crippen LogP contribution in [0.4, 0.5) is 5.69 Å². The second kappa shape index (κ2) is 5.38. The molecule has 0 bridgehead atoms. The lowest BCUT2D eigenvalue weighted by Crippen LogP contribution is -2.45. The molecule has 1 aromatic carbocycles. The van der Waals surface area contributed by atoms with Gasteiger partial charge >= 0.3 is 0 Å². The smallest absolute Gasteiger partial charge is 0.116 e. The highest BCUT2D eigenvalue weighted by atomic mass is 16.3. The zero-order valence-corrected chi connectivity index (χ0v) is 10.4. The number of likely N-dealkylation sites (N-methyl/N-ethyl adjacent to an activating group) is 1. The predicted octanol–water partition coefficient (Wildman–Crippen LogP) is 0.764. The summed E-state index contributed by atoms with van der Waals surface area (Å²) in [7, 11) is 2.16. The molecule has 0 aromatic heterocycles. The predicted molar refractivity (Wildman–Crippen MR) is 70.2 cm³/mol. The van der Waals surface area contributed by atoms with Crippen molar-refractivity contribution in [2.75, 3.05) is 45.5 Å². The number of benzene rings is 1. The van der Waals surface area contributed by atoms with Crippen molar-refractivity contribution in [3.05, 3.63) is 23.8 Å². The third-order valence-corrected chi connectivity index (χ3v) is 3.42. The Labute approximate surface area is 103 Å². The van der Waals surface area contributed by atoms with Crippen molar-refractivity contribution in [2.24, 2.45) is 0 Å². The van der Waals surface area contributed by atoms with Crippen LogP contribution in [0.3, 0.4) is 0 Å². The Balaban J connectivity index is 1.87. The van der Waals surface area contributed by atoms with E-state index in [1.54, 1.807) is 18.2 Å². The molecule has 0 aliphatic carbocycles. The van der Waals surface area contributed by atoms with Crippen molar-refractivity contribution in [1.29, 1.82) is 0 Å². The van der Waals surface area contributed by atoms with Crippen LogP contribution in [0.5, 0.6) is 5.75 Å². The van der Waals surface area contributed by atoms with E-state index in [0.29, 0.717) is 5.75 Å². The maximum atomic E-state index is 9.43. The molecule has 1 fully saturated rings. The van der Waals surface area contributed by atoms with Gasteiger partial charge in [0, 0.05) is 38.4 Å². The van der Waals surface area contributed by atoms with E-state index in [2.05, 4.69) is 16.8 Å². The van der Waals surface area contributed by atoms with E-state index in [1.165, 1.54) is 0 Å². The number of hydrogen-bond donors (Lipinski definition) is 2. The molecule has 1 aromatic rings. The Kier molecular flexibility index (Phi) is 3.86. The SMILES string of the molecule is CN1CCN(CCc2cc(O)ccc2N)CC1. The van der Waals surface area contributed by atoms with Gasteiger partial charge in [0.2, 0.25) is 0 Å². The normalized spacial score (nSPS) is 18.4. The zero-order chi connectivity index (χ0) is 12.3. The molecular formula is C13H21N3O. The van der Waals surface area contributed by atoms with Gasteiger partial charge in [0.05, 0.1) is 0 Å². The minimum Gasteiger partial charge on any atom is -0.508 e. The molecule has 2 rings (SSSR count). The van der Waals surface area contributed by atoms with E-state index in [1.807, 2.05) is 0 Å². The highest BCUT2D eigenvalue weighted by molar-refractivity contribution is 5.50. The van der Waals surface area contributed by atoms with Crippen molar-refractivity contribution in [2.45, 2.75) is 6.42 Å². The first-order valence-corrected chi connectivity index (χ1v) is 6.13. The van der Waals surface area contributed by atoms with Crippen LogP contribution in [0.1, 0.15) is 5.56 Å². The maximum absolute atomic E-state index is 9.43. The highest BCUT2D eigenvalue weighted by Crippen LogP contribution is 2.19. The summed E-state index contributed by atoms with van der Waals surface area (Å²) >= 11 is 0. The molecule has 0 amide bonds. The maximum Gasteiger partial charge on any atom is 0.116 e. The number of hydrogen-bond acceptors (Lipinski definition) is 4. The van der Waals surface area contributed by atoms with E-state index >= 15 is 0 Å². The van der Waals surface area contributed by atoms with Gasteiger partial charge in [-0.3, -0.25) is 0 Å². The van der Waals surface area contributed by atoms with Gasteiger partial charge in [0.1, 0.15) is 5.75 Å². The van der Waals surface area contributed by atoms with Crippen molar-refractivity contribution < 1.29 is 5.11 Å². The Hall–Kier alpha value is -1.26. The fourth-order valence-electron chi connectivity index (χ4n) is 2.16. The van der Waals surface area contributed by atoms with E-state index in [0.717, 1.165) is 50.4 Å². The third kappa shape index (κ3) is 3.35. The van der Waals surface area contributed by atoms with Gasteiger partial charge < -0.3 is 20.6 Å². The quantitative estimate of drug-likeness (QED) is 0.600. The first-order chi connectivity index (χ1) is 8.15. The molecule has 4 heteroatoms. The molecule has 94 valence electrons. The fraction of sp³-hybridized carbons (Fsp3) is 0.538. The van der Waals surface area contributed by atoms with Crippen LogP contribution in [0, 0.1) is 0 Å². The number of rotatable bonds is 3. The minimum absolute atomic E-state index is 0.299. The molecule has 0 spiro atoms. The zero-order valence-electron chi connectivity index (χ0n) is 10.4. The van der Waals surface area contributed by atoms with Crippen LogP contribution in [0.15, 0.2) is 18.2 Å². The lowest BCUT2D eigenvalue weighted by molar-refractivity contribution is 0.155. The summed E-state index contributed by atoms with van der Waals surface area (Å²) in [6, 6.07) is 5.18. The topological polar surface area (TPSA) is 52.7 Å². The van der Waals surface area contributed by atoms with Crippen molar-refractivity contribution in [1.82, 2.24) is 9.80 Å². The number of anilines is 1. The summed E-state index contributed by atoms with van der Waals surface area (Å²) < 4.78 is 0. The molecular weight excluding hydrogens is 214 g/mol. The van der Waals surface area contributed by atoms with Crippen LogP contribution in [-0.2, 0) is 6.42 Å². The molecule has 0 saturated carbocycles. The molecule has 3 N–H and O–H groups in total. The average molecular weight is 235 g/mol.